The van der Waals surface area contributed by atoms with Crippen molar-refractivity contribution in [3.63, 3.8) is 0 Å². The van der Waals surface area contributed by atoms with Gasteiger partial charge in [-0.2, -0.15) is 0 Å². The van der Waals surface area contributed by atoms with Gasteiger partial charge in [0.05, 0.1) is 0 Å². The Morgan fingerprint density at radius 3 is 2.32 bits per heavy atom. The normalized spacial score (nSPS) is 12.4. The van der Waals surface area contributed by atoms with E-state index in [1.807, 2.05) is 13.1 Å². The predicted molar refractivity (Wildman–Crippen MR) is 73.2 cm³/mol. The number of nitrogens with one attached hydrogen (secondary N) is 1. The number of benzene rings is 2. The number of hydrogen-bond donors (Lipinski definition) is 1. The summed E-state index contributed by atoms with van der Waals surface area (Å²) in [6.07, 6.45) is 0.839. The first-order chi connectivity index (χ1) is 9.20. The van der Waals surface area contributed by atoms with Crippen molar-refractivity contribution in [1.29, 1.82) is 0 Å². The van der Waals surface area contributed by atoms with Crippen molar-refractivity contribution in [3.05, 3.63) is 71.3 Å². The van der Waals surface area contributed by atoms with Crippen LogP contribution in [0, 0.1) is 11.6 Å². The van der Waals surface area contributed by atoms with E-state index in [4.69, 9.17) is 0 Å². The highest BCUT2D eigenvalue weighted by Crippen LogP contribution is 2.28. The summed E-state index contributed by atoms with van der Waals surface area (Å²) in [6, 6.07) is 13.0. The van der Waals surface area contributed by atoms with E-state index in [0.717, 1.165) is 24.1 Å². The second kappa shape index (κ2) is 6.43. The van der Waals surface area contributed by atoms with E-state index in [1.54, 1.807) is 24.3 Å². The van der Waals surface area contributed by atoms with Crippen LogP contribution in [0.3, 0.4) is 0 Å². The zero-order chi connectivity index (χ0) is 13.7. The lowest BCUT2D eigenvalue weighted by molar-refractivity contribution is 0.612. The summed E-state index contributed by atoms with van der Waals surface area (Å²) in [4.78, 5) is 0. The maximum Gasteiger partial charge on any atom is 0.123 e. The van der Waals surface area contributed by atoms with Crippen molar-refractivity contribution >= 4 is 0 Å². The number of rotatable bonds is 5. The highest BCUT2D eigenvalue weighted by Gasteiger charge is 2.14. The summed E-state index contributed by atoms with van der Waals surface area (Å²) in [5.74, 6) is -0.423. The van der Waals surface area contributed by atoms with Crippen molar-refractivity contribution in [2.75, 3.05) is 13.6 Å². The minimum Gasteiger partial charge on any atom is -0.320 e. The Balaban J connectivity index is 2.32. The highest BCUT2D eigenvalue weighted by atomic mass is 19.1. The van der Waals surface area contributed by atoms with Gasteiger partial charge in [0.15, 0.2) is 0 Å². The lowest BCUT2D eigenvalue weighted by atomic mass is 9.88. The van der Waals surface area contributed by atoms with Crippen LogP contribution in [0.25, 0.3) is 0 Å². The molecule has 1 atom stereocenters. The quantitative estimate of drug-likeness (QED) is 0.865. The minimum atomic E-state index is -0.254. The second-order valence-corrected chi connectivity index (χ2v) is 4.55. The second-order valence-electron chi connectivity index (χ2n) is 4.55. The molecule has 2 aromatic rings. The molecule has 100 valence electrons. The molecule has 0 saturated heterocycles. The summed E-state index contributed by atoms with van der Waals surface area (Å²) in [6.45, 7) is 0.818. The van der Waals surface area contributed by atoms with Crippen LogP contribution < -0.4 is 5.32 Å². The van der Waals surface area contributed by atoms with Crippen molar-refractivity contribution in [2.45, 2.75) is 12.3 Å². The Labute approximate surface area is 112 Å². The lowest BCUT2D eigenvalue weighted by Gasteiger charge is -2.18. The molecule has 1 unspecified atom stereocenters. The maximum atomic E-state index is 13.4. The molecule has 0 amide bonds. The third-order valence-corrected chi connectivity index (χ3v) is 3.21. The summed E-state index contributed by atoms with van der Waals surface area (Å²) in [7, 11) is 1.88. The summed E-state index contributed by atoms with van der Waals surface area (Å²) in [5, 5.41) is 3.10. The van der Waals surface area contributed by atoms with Crippen molar-refractivity contribution in [2.24, 2.45) is 0 Å². The number of halogens is 2. The van der Waals surface area contributed by atoms with Gasteiger partial charge in [0.2, 0.25) is 0 Å². The third kappa shape index (κ3) is 3.61. The van der Waals surface area contributed by atoms with Gasteiger partial charge in [-0.05, 0) is 55.4 Å². The van der Waals surface area contributed by atoms with E-state index >= 15 is 0 Å². The molecule has 0 spiro atoms. The molecule has 1 nitrogen and oxygen atoms in total. The number of hydrogen-bond acceptors (Lipinski definition) is 1. The van der Waals surface area contributed by atoms with E-state index in [9.17, 15) is 8.78 Å². The molecule has 0 fully saturated rings. The van der Waals surface area contributed by atoms with E-state index in [0.29, 0.717) is 0 Å². The van der Waals surface area contributed by atoms with E-state index in [2.05, 4.69) is 5.32 Å². The van der Waals surface area contributed by atoms with Gasteiger partial charge in [-0.15, -0.1) is 0 Å². The van der Waals surface area contributed by atoms with Gasteiger partial charge in [-0.1, -0.05) is 24.3 Å². The Morgan fingerprint density at radius 1 is 0.947 bits per heavy atom. The van der Waals surface area contributed by atoms with Crippen LogP contribution in [0.5, 0.6) is 0 Å². The SMILES string of the molecule is CNCCC(c1ccc(F)cc1)c1cccc(F)c1. The summed E-state index contributed by atoms with van der Waals surface area (Å²) >= 11 is 0. The van der Waals surface area contributed by atoms with Crippen LogP contribution in [0.4, 0.5) is 8.78 Å². The zero-order valence-electron chi connectivity index (χ0n) is 10.9. The standard InChI is InChI=1S/C16H17F2N/c1-19-10-9-16(12-5-7-14(17)8-6-12)13-3-2-4-15(18)11-13/h2-8,11,16,19H,9-10H2,1H3. The zero-order valence-corrected chi connectivity index (χ0v) is 10.9. The minimum absolute atomic E-state index is 0.0729. The van der Waals surface area contributed by atoms with Gasteiger partial charge < -0.3 is 5.32 Å². The fourth-order valence-electron chi connectivity index (χ4n) is 2.23. The van der Waals surface area contributed by atoms with E-state index < -0.39 is 0 Å². The molecule has 0 aliphatic heterocycles. The van der Waals surface area contributed by atoms with Crippen LogP contribution in [-0.2, 0) is 0 Å². The molecule has 0 radical (unpaired) electrons. The Kier molecular flexibility index (Phi) is 4.63. The molecule has 0 aliphatic carbocycles. The van der Waals surface area contributed by atoms with Crippen LogP contribution in [-0.4, -0.2) is 13.6 Å². The molecule has 19 heavy (non-hydrogen) atoms. The molecular weight excluding hydrogens is 244 g/mol. The first-order valence-corrected chi connectivity index (χ1v) is 6.36. The molecule has 0 aromatic heterocycles. The average Bonchev–Trinajstić information content (AvgIpc) is 2.41. The topological polar surface area (TPSA) is 12.0 Å². The average molecular weight is 261 g/mol. The van der Waals surface area contributed by atoms with Gasteiger partial charge in [-0.25, -0.2) is 8.78 Å². The van der Waals surface area contributed by atoms with Gasteiger partial charge in [-0.3, -0.25) is 0 Å². The van der Waals surface area contributed by atoms with Crippen molar-refractivity contribution in [1.82, 2.24) is 5.32 Å². The Bertz CT molecular complexity index is 523. The summed E-state index contributed by atoms with van der Waals surface area (Å²) in [5.41, 5.74) is 1.92. The molecule has 0 heterocycles. The molecule has 1 N–H and O–H groups in total. The van der Waals surface area contributed by atoms with Crippen LogP contribution in [0.2, 0.25) is 0 Å². The van der Waals surface area contributed by atoms with Gasteiger partial charge in [0.25, 0.3) is 0 Å². The molecule has 0 aliphatic rings. The monoisotopic (exact) mass is 261 g/mol. The van der Waals surface area contributed by atoms with Gasteiger partial charge >= 0.3 is 0 Å². The fourth-order valence-corrected chi connectivity index (χ4v) is 2.23. The largest absolute Gasteiger partial charge is 0.320 e. The first-order valence-electron chi connectivity index (χ1n) is 6.36. The molecule has 2 rings (SSSR count). The van der Waals surface area contributed by atoms with E-state index in [-0.39, 0.29) is 17.6 Å². The first kappa shape index (κ1) is 13.7. The fraction of sp³-hybridized carbons (Fsp3) is 0.250. The molecule has 0 saturated carbocycles. The van der Waals surface area contributed by atoms with Crippen LogP contribution in [0.1, 0.15) is 23.5 Å². The van der Waals surface area contributed by atoms with Gasteiger partial charge in [0, 0.05) is 5.92 Å². The molecule has 3 heteroatoms. The van der Waals surface area contributed by atoms with Crippen molar-refractivity contribution < 1.29 is 8.78 Å². The summed E-state index contributed by atoms with van der Waals surface area (Å²) < 4.78 is 26.4. The van der Waals surface area contributed by atoms with Crippen LogP contribution in [0.15, 0.2) is 48.5 Å². The maximum absolute atomic E-state index is 13.4. The molecule has 2 aromatic carbocycles. The van der Waals surface area contributed by atoms with Gasteiger partial charge in [0.1, 0.15) is 11.6 Å². The lowest BCUT2D eigenvalue weighted by Crippen LogP contribution is -2.13. The Hall–Kier alpha value is -1.74. The third-order valence-electron chi connectivity index (χ3n) is 3.21. The molecule has 0 bridgehead atoms. The van der Waals surface area contributed by atoms with E-state index in [1.165, 1.54) is 18.2 Å². The smallest absolute Gasteiger partial charge is 0.123 e. The van der Waals surface area contributed by atoms with Crippen molar-refractivity contribution in [3.8, 4) is 0 Å². The Morgan fingerprint density at radius 2 is 1.68 bits per heavy atom. The van der Waals surface area contributed by atoms with Crippen LogP contribution >= 0.6 is 0 Å². The molecular formula is C16H17F2N. The predicted octanol–water partition coefficient (Wildman–Crippen LogP) is 3.71. The highest BCUT2D eigenvalue weighted by molar-refractivity contribution is 5.32.